The van der Waals surface area contributed by atoms with Crippen LogP contribution < -0.4 is 15.4 Å². The molecule has 2 heterocycles. The number of amides is 1. The molecule has 6 nitrogen and oxygen atoms in total. The van der Waals surface area contributed by atoms with Crippen LogP contribution in [0.4, 0.5) is 5.69 Å². The first-order chi connectivity index (χ1) is 15.1. The van der Waals surface area contributed by atoms with Crippen molar-refractivity contribution < 1.29 is 14.3 Å². The van der Waals surface area contributed by atoms with Crippen molar-refractivity contribution in [1.29, 1.82) is 5.26 Å². The van der Waals surface area contributed by atoms with Gasteiger partial charge in [-0.15, -0.1) is 11.3 Å². The summed E-state index contributed by atoms with van der Waals surface area (Å²) in [6.45, 7) is 0. The van der Waals surface area contributed by atoms with Crippen LogP contribution in [0.2, 0.25) is 0 Å². The van der Waals surface area contributed by atoms with Crippen LogP contribution >= 0.6 is 23.1 Å². The predicted molar refractivity (Wildman–Crippen MR) is 123 cm³/mol. The lowest BCUT2D eigenvalue weighted by molar-refractivity contribution is -0.116. The van der Waals surface area contributed by atoms with Crippen molar-refractivity contribution in [3.05, 3.63) is 68.5 Å². The number of thiophene rings is 1. The SMILES string of the molecule is COc1ccc(NC(=O)CSC2=C(C#N)[C@@H](c3cccs3)C3=C(CCCC3=O)N2)cc1. The largest absolute Gasteiger partial charge is 0.497 e. The van der Waals surface area contributed by atoms with Crippen molar-refractivity contribution in [2.24, 2.45) is 0 Å². The highest BCUT2D eigenvalue weighted by Crippen LogP contribution is 2.45. The van der Waals surface area contributed by atoms with Gasteiger partial charge in [0, 0.05) is 28.3 Å². The first-order valence-corrected chi connectivity index (χ1v) is 11.7. The number of rotatable bonds is 6. The zero-order valence-electron chi connectivity index (χ0n) is 16.9. The van der Waals surface area contributed by atoms with Gasteiger partial charge in [-0.25, -0.2) is 0 Å². The fourth-order valence-electron chi connectivity index (χ4n) is 3.79. The van der Waals surface area contributed by atoms with Gasteiger partial charge in [-0.1, -0.05) is 17.8 Å². The zero-order valence-corrected chi connectivity index (χ0v) is 18.6. The predicted octanol–water partition coefficient (Wildman–Crippen LogP) is 4.56. The van der Waals surface area contributed by atoms with E-state index < -0.39 is 0 Å². The van der Waals surface area contributed by atoms with E-state index in [4.69, 9.17) is 4.74 Å². The molecule has 158 valence electrons. The van der Waals surface area contributed by atoms with E-state index in [1.165, 1.54) is 23.1 Å². The molecule has 2 N–H and O–H groups in total. The van der Waals surface area contributed by atoms with Crippen LogP contribution in [-0.4, -0.2) is 24.6 Å². The van der Waals surface area contributed by atoms with E-state index in [0.717, 1.165) is 23.4 Å². The molecule has 1 aromatic heterocycles. The number of ketones is 1. The quantitative estimate of drug-likeness (QED) is 0.669. The molecule has 2 aliphatic rings. The molecule has 1 aliphatic heterocycles. The van der Waals surface area contributed by atoms with Gasteiger partial charge in [0.2, 0.25) is 5.91 Å². The number of dihydropyridines is 1. The third-order valence-corrected chi connectivity index (χ3v) is 7.17. The Morgan fingerprint density at radius 2 is 2.13 bits per heavy atom. The summed E-state index contributed by atoms with van der Waals surface area (Å²) in [7, 11) is 1.59. The minimum absolute atomic E-state index is 0.0983. The van der Waals surface area contributed by atoms with E-state index in [1.54, 1.807) is 31.4 Å². The Morgan fingerprint density at radius 3 is 2.81 bits per heavy atom. The van der Waals surface area contributed by atoms with Gasteiger partial charge in [0.15, 0.2) is 5.78 Å². The lowest BCUT2D eigenvalue weighted by atomic mass is 9.79. The number of nitriles is 1. The zero-order chi connectivity index (χ0) is 21.8. The fourth-order valence-corrected chi connectivity index (χ4v) is 5.49. The molecule has 0 radical (unpaired) electrons. The van der Waals surface area contributed by atoms with E-state index in [1.807, 2.05) is 17.5 Å². The molecule has 1 amide bonds. The van der Waals surface area contributed by atoms with Gasteiger partial charge in [-0.2, -0.15) is 5.26 Å². The first-order valence-electron chi connectivity index (χ1n) is 9.88. The molecule has 0 spiro atoms. The number of benzene rings is 1. The molecule has 0 bridgehead atoms. The van der Waals surface area contributed by atoms with Gasteiger partial charge in [-0.3, -0.25) is 9.59 Å². The van der Waals surface area contributed by atoms with Crippen LogP contribution in [0, 0.1) is 11.3 Å². The maximum absolute atomic E-state index is 12.7. The molecule has 0 fully saturated rings. The van der Waals surface area contributed by atoms with Gasteiger partial charge in [0.25, 0.3) is 0 Å². The summed E-state index contributed by atoms with van der Waals surface area (Å²) in [6.07, 6.45) is 2.07. The second-order valence-corrected chi connectivity index (χ2v) is 9.13. The molecule has 31 heavy (non-hydrogen) atoms. The molecule has 2 aromatic rings. The number of carbonyl (C=O) groups is 2. The molecule has 8 heteroatoms. The molecule has 0 saturated carbocycles. The number of hydrogen-bond acceptors (Lipinski definition) is 7. The minimum atomic E-state index is -0.360. The Bertz CT molecular complexity index is 1100. The Hall–Kier alpha value is -3.02. The summed E-state index contributed by atoms with van der Waals surface area (Å²) in [6, 6.07) is 13.3. The molecule has 0 saturated heterocycles. The maximum atomic E-state index is 12.7. The van der Waals surface area contributed by atoms with Crippen molar-refractivity contribution in [2.75, 3.05) is 18.2 Å². The minimum Gasteiger partial charge on any atom is -0.497 e. The highest BCUT2D eigenvalue weighted by Gasteiger charge is 2.37. The van der Waals surface area contributed by atoms with E-state index in [-0.39, 0.29) is 23.4 Å². The number of carbonyl (C=O) groups excluding carboxylic acids is 2. The Labute approximate surface area is 189 Å². The monoisotopic (exact) mass is 451 g/mol. The van der Waals surface area contributed by atoms with Crippen LogP contribution in [-0.2, 0) is 9.59 Å². The van der Waals surface area contributed by atoms with Gasteiger partial charge in [-0.05, 0) is 48.6 Å². The highest BCUT2D eigenvalue weighted by atomic mass is 32.2. The van der Waals surface area contributed by atoms with E-state index in [0.29, 0.717) is 34.0 Å². The Morgan fingerprint density at radius 1 is 1.32 bits per heavy atom. The number of Topliss-reactive ketones (excluding diaryl/α,β-unsaturated/α-hetero) is 1. The summed E-state index contributed by atoms with van der Waals surface area (Å²) in [5.74, 6) is 0.428. The molecule has 1 atom stereocenters. The molecule has 4 rings (SSSR count). The van der Waals surface area contributed by atoms with Gasteiger partial charge >= 0.3 is 0 Å². The average molecular weight is 452 g/mol. The number of ether oxygens (including phenoxy) is 1. The van der Waals surface area contributed by atoms with Crippen LogP contribution in [0.25, 0.3) is 0 Å². The van der Waals surface area contributed by atoms with E-state index in [9.17, 15) is 14.9 Å². The highest BCUT2D eigenvalue weighted by molar-refractivity contribution is 8.03. The Balaban J connectivity index is 1.54. The van der Waals surface area contributed by atoms with Crippen molar-refractivity contribution in [2.45, 2.75) is 25.2 Å². The molecule has 1 aromatic carbocycles. The van der Waals surface area contributed by atoms with Crippen molar-refractivity contribution in [3.63, 3.8) is 0 Å². The number of anilines is 1. The van der Waals surface area contributed by atoms with Crippen LogP contribution in [0.1, 0.15) is 30.1 Å². The fraction of sp³-hybridized carbons (Fsp3) is 0.261. The third kappa shape index (κ3) is 4.53. The summed E-state index contributed by atoms with van der Waals surface area (Å²) in [5.41, 5.74) is 2.76. The summed E-state index contributed by atoms with van der Waals surface area (Å²) in [4.78, 5) is 26.2. The van der Waals surface area contributed by atoms with Crippen molar-refractivity contribution in [1.82, 2.24) is 5.32 Å². The molecule has 0 unspecified atom stereocenters. The average Bonchev–Trinajstić information content (AvgIpc) is 3.32. The maximum Gasteiger partial charge on any atom is 0.234 e. The van der Waals surface area contributed by atoms with Crippen LogP contribution in [0.15, 0.2) is 63.7 Å². The van der Waals surface area contributed by atoms with Gasteiger partial charge < -0.3 is 15.4 Å². The number of hydrogen-bond donors (Lipinski definition) is 2. The standard InChI is InChI=1S/C23H21N3O3S2/c1-29-15-9-7-14(8-10-15)25-20(28)13-31-23-16(12-24)21(19-6-3-11-30-19)22-17(26-23)4-2-5-18(22)27/h3,6-11,21,26H,2,4-5,13H2,1H3,(H,25,28)/t21-/m0/s1. The molecular formula is C23H21N3O3S2. The normalized spacial score (nSPS) is 18.2. The van der Waals surface area contributed by atoms with Crippen LogP contribution in [0.3, 0.4) is 0 Å². The van der Waals surface area contributed by atoms with E-state index in [2.05, 4.69) is 16.7 Å². The third-order valence-electron chi connectivity index (χ3n) is 5.21. The summed E-state index contributed by atoms with van der Waals surface area (Å²) < 4.78 is 5.13. The number of methoxy groups -OCH3 is 1. The smallest absolute Gasteiger partial charge is 0.234 e. The van der Waals surface area contributed by atoms with Gasteiger partial charge in [0.05, 0.1) is 35.5 Å². The number of allylic oxidation sites excluding steroid dienone is 3. The second-order valence-electron chi connectivity index (χ2n) is 7.16. The van der Waals surface area contributed by atoms with Crippen molar-refractivity contribution >= 4 is 40.5 Å². The second kappa shape index (κ2) is 9.41. The van der Waals surface area contributed by atoms with Gasteiger partial charge in [0.1, 0.15) is 5.75 Å². The Kier molecular flexibility index (Phi) is 6.44. The summed E-state index contributed by atoms with van der Waals surface area (Å²) >= 11 is 2.83. The van der Waals surface area contributed by atoms with E-state index >= 15 is 0 Å². The number of thioether (sulfide) groups is 1. The lowest BCUT2D eigenvalue weighted by Crippen LogP contribution is -2.31. The number of nitrogens with zero attached hydrogens (tertiary/aromatic N) is 1. The topological polar surface area (TPSA) is 91.2 Å². The lowest BCUT2D eigenvalue weighted by Gasteiger charge is -2.32. The summed E-state index contributed by atoms with van der Waals surface area (Å²) in [5, 5.41) is 18.7. The van der Waals surface area contributed by atoms with Crippen LogP contribution in [0.5, 0.6) is 5.75 Å². The van der Waals surface area contributed by atoms with Crippen molar-refractivity contribution in [3.8, 4) is 11.8 Å². The first kappa shape index (κ1) is 21.2. The molecule has 1 aliphatic carbocycles. The molecular weight excluding hydrogens is 430 g/mol. The number of nitrogens with one attached hydrogen (secondary N) is 2.